The van der Waals surface area contributed by atoms with Gasteiger partial charge in [-0.2, -0.15) is 18.3 Å². The quantitative estimate of drug-likeness (QED) is 0.437. The molecule has 3 aromatic rings. The van der Waals surface area contributed by atoms with Gasteiger partial charge < -0.3 is 9.47 Å². The fourth-order valence-corrected chi connectivity index (χ4v) is 4.16. The minimum atomic E-state index is -4.66. The maximum atomic E-state index is 14.0. The topological polar surface area (TPSA) is 83.2 Å². The van der Waals surface area contributed by atoms with E-state index in [0.29, 0.717) is 17.9 Å². The fourth-order valence-electron chi connectivity index (χ4n) is 4.16. The van der Waals surface area contributed by atoms with Crippen molar-refractivity contribution < 1.29 is 31.4 Å². The van der Waals surface area contributed by atoms with Crippen LogP contribution in [0.1, 0.15) is 60.2 Å². The lowest BCUT2D eigenvalue weighted by atomic mass is 9.99. The lowest BCUT2D eigenvalue weighted by Gasteiger charge is -2.41. The molecule has 1 fully saturated rings. The van der Waals surface area contributed by atoms with E-state index in [-0.39, 0.29) is 24.3 Å². The Bertz CT molecular complexity index is 1230. The number of halogens is 5. The molecular formula is C24H25F5N4O3. The molecule has 0 aliphatic carbocycles. The molecule has 36 heavy (non-hydrogen) atoms. The Morgan fingerprint density at radius 2 is 1.86 bits per heavy atom. The molecule has 2 N–H and O–H groups in total. The zero-order valence-corrected chi connectivity index (χ0v) is 19.5. The summed E-state index contributed by atoms with van der Waals surface area (Å²) in [5, 5.41) is 6.22. The van der Waals surface area contributed by atoms with Crippen molar-refractivity contribution in [2.75, 3.05) is 13.2 Å². The molecule has 1 aromatic heterocycles. The van der Waals surface area contributed by atoms with Crippen LogP contribution in [0.5, 0.6) is 0 Å². The molecule has 4 atom stereocenters. The van der Waals surface area contributed by atoms with Gasteiger partial charge in [0.15, 0.2) is 6.29 Å². The van der Waals surface area contributed by atoms with Crippen LogP contribution in [0.15, 0.2) is 47.3 Å². The molecule has 4 rings (SSSR count). The first kappa shape index (κ1) is 26.0. The van der Waals surface area contributed by atoms with Gasteiger partial charge in [0.1, 0.15) is 17.8 Å². The van der Waals surface area contributed by atoms with E-state index in [0.717, 1.165) is 19.1 Å². The third-order valence-corrected chi connectivity index (χ3v) is 6.00. The SMILES string of the molecule is CC(F)c1cc([C@@H](C)OC2OCCN(Cc3n[nH]c(=O)[nH]3)[C@H]2c2ccc(F)cc2)cc(C(F)(F)F)c1. The number of aromatic nitrogens is 3. The highest BCUT2D eigenvalue weighted by atomic mass is 19.4. The van der Waals surface area contributed by atoms with Gasteiger partial charge in [-0.3, -0.25) is 9.88 Å². The predicted octanol–water partition coefficient (Wildman–Crippen LogP) is 4.96. The molecule has 7 nitrogen and oxygen atoms in total. The first-order valence-corrected chi connectivity index (χ1v) is 11.3. The molecule has 1 aliphatic heterocycles. The second-order valence-corrected chi connectivity index (χ2v) is 8.61. The Morgan fingerprint density at radius 1 is 1.17 bits per heavy atom. The number of nitrogens with zero attached hydrogens (tertiary/aromatic N) is 2. The first-order chi connectivity index (χ1) is 17.0. The average Bonchev–Trinajstić information content (AvgIpc) is 3.23. The fraction of sp³-hybridized carbons (Fsp3) is 0.417. The molecule has 0 spiro atoms. The van der Waals surface area contributed by atoms with E-state index in [1.165, 1.54) is 18.2 Å². The van der Waals surface area contributed by atoms with Crippen LogP contribution in [-0.2, 0) is 22.2 Å². The number of benzene rings is 2. The minimum Gasteiger partial charge on any atom is -0.349 e. The Hall–Kier alpha value is -3.09. The zero-order valence-electron chi connectivity index (χ0n) is 19.5. The number of ether oxygens (including phenoxy) is 2. The summed E-state index contributed by atoms with van der Waals surface area (Å²) in [6.45, 7) is 3.55. The highest BCUT2D eigenvalue weighted by Gasteiger charge is 2.37. The largest absolute Gasteiger partial charge is 0.416 e. The zero-order chi connectivity index (χ0) is 26.0. The number of H-pyrrole nitrogens is 2. The van der Waals surface area contributed by atoms with Crippen molar-refractivity contribution in [2.45, 2.75) is 51.2 Å². The van der Waals surface area contributed by atoms with Gasteiger partial charge in [0.05, 0.1) is 30.9 Å². The third kappa shape index (κ3) is 6.00. The number of alkyl halides is 4. The van der Waals surface area contributed by atoms with E-state index in [9.17, 15) is 26.7 Å². The molecule has 2 heterocycles. The van der Waals surface area contributed by atoms with Gasteiger partial charge in [-0.15, -0.1) is 0 Å². The molecule has 194 valence electrons. The molecule has 2 unspecified atom stereocenters. The molecule has 1 saturated heterocycles. The smallest absolute Gasteiger partial charge is 0.349 e. The van der Waals surface area contributed by atoms with Crippen molar-refractivity contribution in [1.29, 1.82) is 0 Å². The standard InChI is InChI=1S/C24H25F5N4O3/c1-13(25)16-9-17(11-18(10-16)24(27,28)29)14(2)36-22-21(15-3-5-19(26)6-4-15)33(7-8-35-22)12-20-30-23(34)32-31-20/h3-6,9-11,13-14,21-22H,7-8,12H2,1-2H3,(H2,30,31,32,34)/t13?,14-,21+,22?/m1/s1. The van der Waals surface area contributed by atoms with Gasteiger partial charge in [-0.25, -0.2) is 18.7 Å². The second kappa shape index (κ2) is 10.5. The summed E-state index contributed by atoms with van der Waals surface area (Å²) in [4.78, 5) is 16.0. The monoisotopic (exact) mass is 512 g/mol. The Labute approximate surface area is 203 Å². The van der Waals surface area contributed by atoms with Crippen LogP contribution in [0, 0.1) is 5.82 Å². The summed E-state index contributed by atoms with van der Waals surface area (Å²) in [5.41, 5.74) is -0.786. The summed E-state index contributed by atoms with van der Waals surface area (Å²) in [6, 6.07) is 8.12. The summed E-state index contributed by atoms with van der Waals surface area (Å²) in [6.07, 6.45) is -8.13. The van der Waals surface area contributed by atoms with E-state index >= 15 is 0 Å². The van der Waals surface area contributed by atoms with Crippen molar-refractivity contribution in [1.82, 2.24) is 20.1 Å². The molecule has 1 aliphatic rings. The summed E-state index contributed by atoms with van der Waals surface area (Å²) in [7, 11) is 0. The lowest BCUT2D eigenvalue weighted by Crippen LogP contribution is -2.46. The molecule has 0 bridgehead atoms. The Morgan fingerprint density at radius 3 is 2.47 bits per heavy atom. The Balaban J connectivity index is 1.65. The number of hydrogen-bond acceptors (Lipinski definition) is 5. The molecule has 0 radical (unpaired) electrons. The van der Waals surface area contributed by atoms with E-state index in [2.05, 4.69) is 15.2 Å². The number of hydrogen-bond donors (Lipinski definition) is 2. The van der Waals surface area contributed by atoms with Crippen LogP contribution in [0.3, 0.4) is 0 Å². The molecule has 12 heteroatoms. The predicted molar refractivity (Wildman–Crippen MR) is 119 cm³/mol. The minimum absolute atomic E-state index is 0.112. The van der Waals surface area contributed by atoms with Crippen molar-refractivity contribution in [2.24, 2.45) is 0 Å². The maximum absolute atomic E-state index is 14.0. The number of morpholine rings is 1. The highest BCUT2D eigenvalue weighted by Crippen LogP contribution is 2.37. The van der Waals surface area contributed by atoms with Gasteiger partial charge in [-0.1, -0.05) is 18.2 Å². The second-order valence-electron chi connectivity index (χ2n) is 8.61. The highest BCUT2D eigenvalue weighted by molar-refractivity contribution is 5.34. The van der Waals surface area contributed by atoms with E-state index in [1.807, 2.05) is 4.90 Å². The van der Waals surface area contributed by atoms with Crippen molar-refractivity contribution in [3.63, 3.8) is 0 Å². The maximum Gasteiger partial charge on any atom is 0.416 e. The van der Waals surface area contributed by atoms with Gasteiger partial charge >= 0.3 is 11.9 Å². The van der Waals surface area contributed by atoms with Crippen LogP contribution in [0.4, 0.5) is 22.0 Å². The van der Waals surface area contributed by atoms with Crippen molar-refractivity contribution in [3.05, 3.63) is 86.8 Å². The van der Waals surface area contributed by atoms with Gasteiger partial charge in [0.2, 0.25) is 0 Å². The number of nitrogens with one attached hydrogen (secondary N) is 2. The number of aromatic amines is 2. The van der Waals surface area contributed by atoms with Crippen LogP contribution in [0.2, 0.25) is 0 Å². The summed E-state index contributed by atoms with van der Waals surface area (Å²) >= 11 is 0. The average molecular weight is 512 g/mol. The van der Waals surface area contributed by atoms with Gasteiger partial charge in [0.25, 0.3) is 0 Å². The molecule has 0 saturated carbocycles. The van der Waals surface area contributed by atoms with Crippen LogP contribution in [0.25, 0.3) is 0 Å². The van der Waals surface area contributed by atoms with Crippen molar-refractivity contribution in [3.8, 4) is 0 Å². The summed E-state index contributed by atoms with van der Waals surface area (Å²) < 4.78 is 79.9. The van der Waals surface area contributed by atoms with Gasteiger partial charge in [0, 0.05) is 6.54 Å². The van der Waals surface area contributed by atoms with E-state index in [1.54, 1.807) is 19.1 Å². The third-order valence-electron chi connectivity index (χ3n) is 6.00. The normalized spacial score (nSPS) is 20.9. The van der Waals surface area contributed by atoms with E-state index in [4.69, 9.17) is 9.47 Å². The molecule has 2 aromatic carbocycles. The van der Waals surface area contributed by atoms with E-state index < -0.39 is 47.9 Å². The van der Waals surface area contributed by atoms with Crippen molar-refractivity contribution >= 4 is 0 Å². The lowest BCUT2D eigenvalue weighted by molar-refractivity contribution is -0.231. The Kier molecular flexibility index (Phi) is 7.57. The first-order valence-electron chi connectivity index (χ1n) is 11.3. The molecular weight excluding hydrogens is 487 g/mol. The summed E-state index contributed by atoms with van der Waals surface area (Å²) in [5.74, 6) is -0.0819. The molecule has 0 amide bonds. The van der Waals surface area contributed by atoms with Gasteiger partial charge in [-0.05, 0) is 54.8 Å². The van der Waals surface area contributed by atoms with Crippen LogP contribution < -0.4 is 5.69 Å². The van der Waals surface area contributed by atoms with Crippen LogP contribution >= 0.6 is 0 Å². The number of rotatable bonds is 7. The van der Waals surface area contributed by atoms with Crippen LogP contribution in [-0.4, -0.2) is 39.5 Å².